The lowest BCUT2D eigenvalue weighted by molar-refractivity contribution is 0.0743. The van der Waals surface area contributed by atoms with Crippen molar-refractivity contribution in [1.82, 2.24) is 4.90 Å². The maximum absolute atomic E-state index is 12.9. The van der Waals surface area contributed by atoms with Crippen molar-refractivity contribution in [2.24, 2.45) is 0 Å². The Bertz CT molecular complexity index is 1090. The van der Waals surface area contributed by atoms with Crippen LogP contribution in [-0.4, -0.2) is 45.7 Å². The maximum Gasteiger partial charge on any atom is 0.289 e. The van der Waals surface area contributed by atoms with Gasteiger partial charge in [0.15, 0.2) is 15.6 Å². The van der Waals surface area contributed by atoms with Crippen molar-refractivity contribution >= 4 is 38.3 Å². The smallest absolute Gasteiger partial charge is 0.289 e. The summed E-state index contributed by atoms with van der Waals surface area (Å²) in [4.78, 5) is 14.3. The number of hydrogen-bond acceptors (Lipinski definition) is 5. The number of likely N-dealkylation sites (N-methyl/N-ethyl adjacent to an activating group) is 1. The zero-order valence-electron chi connectivity index (χ0n) is 15.5. The molecule has 0 saturated heterocycles. The number of para-hydroxylation sites is 1. The lowest BCUT2D eigenvalue weighted by Gasteiger charge is -2.17. The predicted octanol–water partition coefficient (Wildman–Crippen LogP) is 3.78. The number of benzene rings is 2. The minimum absolute atomic E-state index is 0.0422. The first-order chi connectivity index (χ1) is 13.2. The number of halogens is 1. The molecular formula is C20H20ClNO5S. The number of sulfone groups is 1. The number of amides is 1. The summed E-state index contributed by atoms with van der Waals surface area (Å²) in [7, 11) is -1.73. The molecule has 0 N–H and O–H groups in total. The number of carbonyl (C=O) groups is 1. The number of carbonyl (C=O) groups excluding carboxylic acids is 1. The van der Waals surface area contributed by atoms with Crippen LogP contribution >= 0.6 is 11.6 Å². The summed E-state index contributed by atoms with van der Waals surface area (Å²) in [5, 5.41) is 1.24. The third-order valence-corrected chi connectivity index (χ3v) is 5.22. The number of fused-ring (bicyclic) bond motifs is 1. The van der Waals surface area contributed by atoms with Gasteiger partial charge in [-0.05, 0) is 30.3 Å². The van der Waals surface area contributed by atoms with E-state index in [4.69, 9.17) is 20.8 Å². The number of hydrogen-bond donors (Lipinski definition) is 0. The Morgan fingerprint density at radius 2 is 1.82 bits per heavy atom. The Morgan fingerprint density at radius 3 is 2.50 bits per heavy atom. The van der Waals surface area contributed by atoms with Crippen molar-refractivity contribution < 1.29 is 22.4 Å². The molecule has 6 nitrogen and oxygen atoms in total. The van der Waals surface area contributed by atoms with Crippen LogP contribution in [-0.2, 0) is 15.6 Å². The quantitative estimate of drug-likeness (QED) is 0.580. The second kappa shape index (κ2) is 8.24. The molecule has 2 aromatic carbocycles. The standard InChI is InChI=1S/C20H20ClNO5S/c1-22(11-12-26-15-9-7-14(21)8-10-15)20(23)19-17(13-28(2,24)25)16-5-3-4-6-18(16)27-19/h3-10H,11-13H2,1-2H3. The lowest BCUT2D eigenvalue weighted by atomic mass is 10.1. The molecule has 1 heterocycles. The summed E-state index contributed by atoms with van der Waals surface area (Å²) in [5.41, 5.74) is 0.865. The summed E-state index contributed by atoms with van der Waals surface area (Å²) < 4.78 is 35.0. The topological polar surface area (TPSA) is 76.8 Å². The van der Waals surface area contributed by atoms with E-state index in [1.807, 2.05) is 0 Å². The molecule has 0 saturated carbocycles. The Labute approximate surface area is 168 Å². The SMILES string of the molecule is CN(CCOc1ccc(Cl)cc1)C(=O)c1oc2ccccc2c1CS(C)(=O)=O. The van der Waals surface area contributed by atoms with Gasteiger partial charge in [0.05, 0.1) is 12.3 Å². The highest BCUT2D eigenvalue weighted by molar-refractivity contribution is 7.89. The van der Waals surface area contributed by atoms with Crippen LogP contribution in [0.3, 0.4) is 0 Å². The monoisotopic (exact) mass is 421 g/mol. The van der Waals surface area contributed by atoms with Crippen LogP contribution in [0.25, 0.3) is 11.0 Å². The molecule has 1 aromatic heterocycles. The van der Waals surface area contributed by atoms with E-state index in [9.17, 15) is 13.2 Å². The van der Waals surface area contributed by atoms with Crippen LogP contribution in [0, 0.1) is 0 Å². The number of ether oxygens (including phenoxy) is 1. The fraction of sp³-hybridized carbons (Fsp3) is 0.250. The van der Waals surface area contributed by atoms with Gasteiger partial charge in [0, 0.05) is 29.3 Å². The Hall–Kier alpha value is -2.51. The van der Waals surface area contributed by atoms with Crippen LogP contribution < -0.4 is 4.74 Å². The Balaban J connectivity index is 1.76. The molecule has 0 unspecified atom stereocenters. The molecule has 0 atom stereocenters. The average Bonchev–Trinajstić information content (AvgIpc) is 2.99. The van der Waals surface area contributed by atoms with Gasteiger partial charge in [0.1, 0.15) is 17.9 Å². The third-order valence-electron chi connectivity index (χ3n) is 4.15. The highest BCUT2D eigenvalue weighted by Crippen LogP contribution is 2.28. The maximum atomic E-state index is 12.9. The summed E-state index contributed by atoms with van der Waals surface area (Å²) in [6.45, 7) is 0.572. The molecule has 0 bridgehead atoms. The van der Waals surface area contributed by atoms with Crippen LogP contribution in [0.4, 0.5) is 0 Å². The first-order valence-electron chi connectivity index (χ1n) is 8.56. The number of nitrogens with zero attached hydrogens (tertiary/aromatic N) is 1. The Kier molecular flexibility index (Phi) is 5.96. The van der Waals surface area contributed by atoms with E-state index in [1.54, 1.807) is 55.6 Å². The van der Waals surface area contributed by atoms with Crippen LogP contribution in [0.2, 0.25) is 5.02 Å². The molecule has 3 aromatic rings. The number of rotatable bonds is 7. The van der Waals surface area contributed by atoms with Crippen LogP contribution in [0.15, 0.2) is 52.9 Å². The zero-order chi connectivity index (χ0) is 20.3. The van der Waals surface area contributed by atoms with E-state index in [2.05, 4.69) is 0 Å². The van der Waals surface area contributed by atoms with Gasteiger partial charge in [-0.2, -0.15) is 0 Å². The Morgan fingerprint density at radius 1 is 1.14 bits per heavy atom. The molecule has 3 rings (SSSR count). The fourth-order valence-electron chi connectivity index (χ4n) is 2.78. The molecule has 0 fully saturated rings. The fourth-order valence-corrected chi connectivity index (χ4v) is 3.72. The molecule has 0 spiro atoms. The van der Waals surface area contributed by atoms with E-state index in [0.29, 0.717) is 33.8 Å². The van der Waals surface area contributed by atoms with Gasteiger partial charge in [-0.1, -0.05) is 29.8 Å². The summed E-state index contributed by atoms with van der Waals surface area (Å²) in [5.74, 6) is 0.0298. The van der Waals surface area contributed by atoms with Gasteiger partial charge < -0.3 is 14.1 Å². The van der Waals surface area contributed by atoms with E-state index in [-0.39, 0.29) is 18.1 Å². The van der Waals surface area contributed by atoms with Gasteiger partial charge >= 0.3 is 0 Å². The highest BCUT2D eigenvalue weighted by atomic mass is 35.5. The molecule has 0 radical (unpaired) electrons. The van der Waals surface area contributed by atoms with Crippen molar-refractivity contribution in [3.8, 4) is 5.75 Å². The van der Waals surface area contributed by atoms with E-state index >= 15 is 0 Å². The highest BCUT2D eigenvalue weighted by Gasteiger charge is 2.25. The van der Waals surface area contributed by atoms with Gasteiger partial charge in [0.25, 0.3) is 5.91 Å². The molecular weight excluding hydrogens is 402 g/mol. The van der Waals surface area contributed by atoms with Crippen molar-refractivity contribution in [2.45, 2.75) is 5.75 Å². The number of furan rings is 1. The summed E-state index contributed by atoms with van der Waals surface area (Å²) in [6, 6.07) is 13.9. The van der Waals surface area contributed by atoms with Gasteiger partial charge in [0.2, 0.25) is 0 Å². The minimum atomic E-state index is -3.34. The average molecular weight is 422 g/mol. The van der Waals surface area contributed by atoms with Crippen molar-refractivity contribution in [3.05, 3.63) is 64.9 Å². The lowest BCUT2D eigenvalue weighted by Crippen LogP contribution is -2.31. The zero-order valence-corrected chi connectivity index (χ0v) is 17.1. The van der Waals surface area contributed by atoms with E-state index < -0.39 is 15.7 Å². The minimum Gasteiger partial charge on any atom is -0.492 e. The second-order valence-electron chi connectivity index (χ2n) is 6.51. The van der Waals surface area contributed by atoms with E-state index in [1.165, 1.54) is 4.90 Å². The molecule has 0 aliphatic heterocycles. The second-order valence-corrected chi connectivity index (χ2v) is 9.08. The largest absolute Gasteiger partial charge is 0.492 e. The normalized spacial score (nSPS) is 11.5. The van der Waals surface area contributed by atoms with Gasteiger partial charge in [-0.3, -0.25) is 4.79 Å². The van der Waals surface area contributed by atoms with Crippen molar-refractivity contribution in [1.29, 1.82) is 0 Å². The van der Waals surface area contributed by atoms with Crippen LogP contribution in [0.5, 0.6) is 5.75 Å². The molecule has 0 aliphatic rings. The van der Waals surface area contributed by atoms with Crippen molar-refractivity contribution in [3.63, 3.8) is 0 Å². The van der Waals surface area contributed by atoms with Crippen molar-refractivity contribution in [2.75, 3.05) is 26.5 Å². The summed E-state index contributed by atoms with van der Waals surface area (Å²) >= 11 is 5.84. The molecule has 148 valence electrons. The third kappa shape index (κ3) is 4.85. The summed E-state index contributed by atoms with van der Waals surface area (Å²) in [6.07, 6.45) is 1.13. The first kappa shape index (κ1) is 20.2. The van der Waals surface area contributed by atoms with E-state index in [0.717, 1.165) is 6.26 Å². The first-order valence-corrected chi connectivity index (χ1v) is 11.0. The molecule has 8 heteroatoms. The molecule has 0 aliphatic carbocycles. The molecule has 1 amide bonds. The van der Waals surface area contributed by atoms with Gasteiger partial charge in [-0.15, -0.1) is 0 Å². The predicted molar refractivity (Wildman–Crippen MR) is 109 cm³/mol. The van der Waals surface area contributed by atoms with Gasteiger partial charge in [-0.25, -0.2) is 8.42 Å². The van der Waals surface area contributed by atoms with Crippen LogP contribution in [0.1, 0.15) is 16.1 Å². The molecule has 28 heavy (non-hydrogen) atoms.